The number of hydrogen-bond acceptors (Lipinski definition) is 5. The average molecular weight is 555 g/mol. The molecule has 1 aliphatic rings. The van der Waals surface area contributed by atoms with Crippen molar-refractivity contribution in [1.82, 2.24) is 9.88 Å². The normalized spacial score (nSPS) is 14.8. The first-order valence-electron chi connectivity index (χ1n) is 13.6. The van der Waals surface area contributed by atoms with Gasteiger partial charge in [0, 0.05) is 35.8 Å². The molecule has 0 radical (unpaired) electrons. The molecule has 1 heterocycles. The van der Waals surface area contributed by atoms with E-state index >= 15 is 0 Å². The first-order valence-corrected chi connectivity index (χ1v) is 15.2. The van der Waals surface area contributed by atoms with Crippen LogP contribution in [-0.2, 0) is 23.3 Å². The maximum Gasteiger partial charge on any atom is 0.265 e. The lowest BCUT2D eigenvalue weighted by atomic mass is 9.96. The summed E-state index contributed by atoms with van der Waals surface area (Å²) >= 11 is 0. The van der Waals surface area contributed by atoms with Crippen LogP contribution >= 0.6 is 0 Å². The number of nitrogens with zero attached hydrogens (tertiary/aromatic N) is 2. The van der Waals surface area contributed by atoms with E-state index in [1.165, 1.54) is 6.20 Å². The maximum absolute atomic E-state index is 14.9. The third-order valence-corrected chi connectivity index (χ3v) is 8.18. The molecule has 0 bridgehead atoms. The molecule has 8 heteroatoms. The van der Waals surface area contributed by atoms with Crippen LogP contribution in [0.25, 0.3) is 11.1 Å². The Morgan fingerprint density at radius 2 is 1.77 bits per heavy atom. The Labute approximate surface area is 232 Å². The predicted molar refractivity (Wildman–Crippen MR) is 153 cm³/mol. The van der Waals surface area contributed by atoms with E-state index in [1.807, 2.05) is 43.3 Å². The Balaban J connectivity index is 1.60. The van der Waals surface area contributed by atoms with Gasteiger partial charge in [0.05, 0.1) is 11.9 Å². The summed E-state index contributed by atoms with van der Waals surface area (Å²) in [6.07, 6.45) is 3.20. The zero-order valence-electron chi connectivity index (χ0n) is 23.4. The smallest absolute Gasteiger partial charge is 0.265 e. The molecule has 0 unspecified atom stereocenters. The molecular formula is C31H39FN2O4S. The van der Waals surface area contributed by atoms with Crippen molar-refractivity contribution >= 4 is 10.1 Å². The molecule has 1 aliphatic carbocycles. The molecule has 2 aromatic carbocycles. The van der Waals surface area contributed by atoms with Crippen LogP contribution in [-0.4, -0.2) is 40.7 Å². The molecule has 210 valence electrons. The lowest BCUT2D eigenvalue weighted by Crippen LogP contribution is -2.36. The number of benzene rings is 2. The van der Waals surface area contributed by atoms with Crippen LogP contribution in [0.3, 0.4) is 0 Å². The molecule has 1 N–H and O–H groups in total. The van der Waals surface area contributed by atoms with Gasteiger partial charge in [0.2, 0.25) is 0 Å². The van der Waals surface area contributed by atoms with Gasteiger partial charge >= 0.3 is 0 Å². The number of aryl methyl sites for hydroxylation is 1. The van der Waals surface area contributed by atoms with Crippen molar-refractivity contribution in [3.8, 4) is 16.9 Å². The van der Waals surface area contributed by atoms with Crippen molar-refractivity contribution in [3.63, 3.8) is 0 Å². The zero-order valence-corrected chi connectivity index (χ0v) is 24.2. The van der Waals surface area contributed by atoms with Crippen LogP contribution in [0.4, 0.5) is 4.39 Å². The van der Waals surface area contributed by atoms with Crippen LogP contribution in [0.1, 0.15) is 68.8 Å². The van der Waals surface area contributed by atoms with Gasteiger partial charge < -0.3 is 4.74 Å². The summed E-state index contributed by atoms with van der Waals surface area (Å²) in [6, 6.07) is 15.9. The van der Waals surface area contributed by atoms with Gasteiger partial charge in [-0.25, -0.2) is 4.39 Å². The summed E-state index contributed by atoms with van der Waals surface area (Å²) in [4.78, 5) is 6.46. The molecule has 3 aromatic rings. The van der Waals surface area contributed by atoms with E-state index in [0.717, 1.165) is 40.8 Å². The highest BCUT2D eigenvalue weighted by Crippen LogP contribution is 2.44. The Morgan fingerprint density at radius 3 is 2.41 bits per heavy atom. The fraction of sp³-hybridized carbons (Fsp3) is 0.452. The van der Waals surface area contributed by atoms with Crippen molar-refractivity contribution < 1.29 is 22.1 Å². The zero-order chi connectivity index (χ0) is 28.3. The van der Waals surface area contributed by atoms with Gasteiger partial charge in [-0.15, -0.1) is 0 Å². The second-order valence-corrected chi connectivity index (χ2v) is 12.7. The highest BCUT2D eigenvalue weighted by atomic mass is 32.2. The largest absolute Gasteiger partial charge is 0.489 e. The fourth-order valence-corrected chi connectivity index (χ4v) is 6.19. The van der Waals surface area contributed by atoms with Gasteiger partial charge in [-0.3, -0.25) is 14.4 Å². The molecule has 1 fully saturated rings. The van der Waals surface area contributed by atoms with Crippen LogP contribution in [0.2, 0.25) is 0 Å². The number of hydrogen-bond donors (Lipinski definition) is 1. The Morgan fingerprint density at radius 1 is 1.05 bits per heavy atom. The molecule has 4 rings (SSSR count). The van der Waals surface area contributed by atoms with Crippen molar-refractivity contribution in [2.24, 2.45) is 5.92 Å². The van der Waals surface area contributed by atoms with Crippen LogP contribution in [0.15, 0.2) is 54.7 Å². The predicted octanol–water partition coefficient (Wildman–Crippen LogP) is 6.78. The van der Waals surface area contributed by atoms with Crippen LogP contribution in [0, 0.1) is 18.7 Å². The quantitative estimate of drug-likeness (QED) is 0.249. The van der Waals surface area contributed by atoms with Crippen molar-refractivity contribution in [3.05, 3.63) is 82.9 Å². The number of halogens is 1. The lowest BCUT2D eigenvalue weighted by molar-refractivity contribution is 0.166. The number of pyridine rings is 1. The minimum Gasteiger partial charge on any atom is -0.489 e. The van der Waals surface area contributed by atoms with Crippen LogP contribution in [0.5, 0.6) is 5.75 Å². The molecule has 1 saturated carbocycles. The summed E-state index contributed by atoms with van der Waals surface area (Å²) in [7, 11) is -4.08. The van der Waals surface area contributed by atoms with Gasteiger partial charge in [0.1, 0.15) is 18.2 Å². The monoisotopic (exact) mass is 554 g/mol. The second-order valence-electron chi connectivity index (χ2n) is 11.2. The summed E-state index contributed by atoms with van der Waals surface area (Å²) in [6.45, 7) is 11.5. The van der Waals surface area contributed by atoms with Gasteiger partial charge in [-0.05, 0) is 93.8 Å². The topological polar surface area (TPSA) is 79.7 Å². The Kier molecular flexibility index (Phi) is 9.09. The molecule has 0 spiro atoms. The van der Waals surface area contributed by atoms with E-state index in [2.05, 4.69) is 43.6 Å². The van der Waals surface area contributed by atoms with Crippen molar-refractivity contribution in [1.29, 1.82) is 0 Å². The first kappa shape index (κ1) is 29.2. The van der Waals surface area contributed by atoms with Gasteiger partial charge in [0.15, 0.2) is 0 Å². The standard InChI is InChI=1S/C31H39FN2O4S/c1-20(2)34(21(3)4)17-26-14-23(9-12-28(26)29-13-22(5)33-16-31(29)32)18-38-27-8-6-7-25(15-27)30(24-10-11-24)19-39(35,36)37/h6-9,12-16,20-21,24,30H,10-11,17-19H2,1-5H3,(H,35,36,37)/t30-/m1/s1. The van der Waals surface area contributed by atoms with E-state index in [0.29, 0.717) is 36.5 Å². The van der Waals surface area contributed by atoms with E-state index < -0.39 is 10.1 Å². The first-order chi connectivity index (χ1) is 18.4. The van der Waals surface area contributed by atoms with E-state index in [9.17, 15) is 17.4 Å². The van der Waals surface area contributed by atoms with Gasteiger partial charge in [-0.2, -0.15) is 8.42 Å². The minimum absolute atomic E-state index is 0.244. The molecular weight excluding hydrogens is 515 g/mol. The molecule has 1 atom stereocenters. The van der Waals surface area contributed by atoms with E-state index in [1.54, 1.807) is 6.07 Å². The van der Waals surface area contributed by atoms with Crippen molar-refractivity contribution in [2.75, 3.05) is 5.75 Å². The highest BCUT2D eigenvalue weighted by molar-refractivity contribution is 7.85. The summed E-state index contributed by atoms with van der Waals surface area (Å²) in [5.74, 6) is 0.0315. The molecule has 0 aliphatic heterocycles. The number of ether oxygens (including phenoxy) is 1. The Hall–Kier alpha value is -2.81. The lowest BCUT2D eigenvalue weighted by Gasteiger charge is -2.31. The molecule has 6 nitrogen and oxygen atoms in total. The summed E-state index contributed by atoms with van der Waals surface area (Å²) < 4.78 is 53.7. The van der Waals surface area contributed by atoms with Gasteiger partial charge in [-0.1, -0.05) is 30.3 Å². The third-order valence-electron chi connectivity index (χ3n) is 7.40. The minimum atomic E-state index is -4.08. The summed E-state index contributed by atoms with van der Waals surface area (Å²) in [5, 5.41) is 0. The Bertz CT molecular complexity index is 1400. The van der Waals surface area contributed by atoms with E-state index in [4.69, 9.17) is 4.74 Å². The highest BCUT2D eigenvalue weighted by Gasteiger charge is 2.35. The van der Waals surface area contributed by atoms with Gasteiger partial charge in [0.25, 0.3) is 10.1 Å². The molecule has 0 saturated heterocycles. The molecule has 39 heavy (non-hydrogen) atoms. The third kappa shape index (κ3) is 7.87. The second kappa shape index (κ2) is 12.1. The number of aromatic nitrogens is 1. The molecule has 0 amide bonds. The fourth-order valence-electron chi connectivity index (χ4n) is 5.27. The SMILES string of the molecule is Cc1cc(-c2ccc(COc3cccc([C@H](CS(=O)(=O)O)C4CC4)c3)cc2CN(C(C)C)C(C)C)c(F)cn1. The molecule has 1 aromatic heterocycles. The number of rotatable bonds is 12. The summed E-state index contributed by atoms with van der Waals surface area (Å²) in [5.41, 5.74) is 4.96. The van der Waals surface area contributed by atoms with Crippen LogP contribution < -0.4 is 4.74 Å². The van der Waals surface area contributed by atoms with Crippen molar-refractivity contribution in [2.45, 2.75) is 78.6 Å². The van der Waals surface area contributed by atoms with E-state index in [-0.39, 0.29) is 23.4 Å². The maximum atomic E-state index is 14.9. The average Bonchev–Trinajstić information content (AvgIpc) is 3.71.